The molecule has 1 N–H and O–H groups in total. The lowest BCUT2D eigenvalue weighted by Gasteiger charge is -2.16. The van der Waals surface area contributed by atoms with Gasteiger partial charge in [-0.05, 0) is 43.0 Å². The monoisotopic (exact) mass is 323 g/mol. The molecule has 128 valence electrons. The summed E-state index contributed by atoms with van der Waals surface area (Å²) < 4.78 is 5.88. The topological polar surface area (TPSA) is 21.3 Å². The van der Waals surface area contributed by atoms with E-state index in [-0.39, 0.29) is 0 Å². The van der Waals surface area contributed by atoms with E-state index in [1.54, 1.807) is 0 Å². The first kappa shape index (κ1) is 17.0. The molecule has 2 heteroatoms. The first-order chi connectivity index (χ1) is 11.8. The van der Waals surface area contributed by atoms with Crippen LogP contribution in [0.1, 0.15) is 55.2 Å². The molecule has 0 saturated heterocycles. The Morgan fingerprint density at radius 1 is 0.833 bits per heavy atom. The summed E-state index contributed by atoms with van der Waals surface area (Å²) in [6, 6.07) is 17.7. The number of aryl methyl sites for hydroxylation is 1. The van der Waals surface area contributed by atoms with Crippen LogP contribution < -0.4 is 10.1 Å². The minimum absolute atomic E-state index is 0.625. The van der Waals surface area contributed by atoms with Crippen molar-refractivity contribution in [2.24, 2.45) is 0 Å². The lowest BCUT2D eigenvalue weighted by Crippen LogP contribution is -2.27. The van der Waals surface area contributed by atoms with Gasteiger partial charge in [-0.3, -0.25) is 0 Å². The second-order valence-corrected chi connectivity index (χ2v) is 6.99. The van der Waals surface area contributed by atoms with Crippen molar-refractivity contribution in [3.63, 3.8) is 0 Å². The Bertz CT molecular complexity index is 595. The molecule has 0 spiro atoms. The first-order valence-corrected chi connectivity index (χ1v) is 9.30. The third-order valence-corrected chi connectivity index (χ3v) is 4.90. The molecule has 0 atom stereocenters. The third-order valence-electron chi connectivity index (χ3n) is 4.90. The molecular formula is C22H29NO. The van der Waals surface area contributed by atoms with Crippen molar-refractivity contribution in [1.29, 1.82) is 0 Å². The highest BCUT2D eigenvalue weighted by molar-refractivity contribution is 5.28. The van der Waals surface area contributed by atoms with Crippen molar-refractivity contribution in [3.8, 4) is 5.75 Å². The number of benzene rings is 2. The van der Waals surface area contributed by atoms with Gasteiger partial charge in [0, 0.05) is 12.6 Å². The Kier molecular flexibility index (Phi) is 6.31. The molecule has 2 aromatic carbocycles. The summed E-state index contributed by atoms with van der Waals surface area (Å²) in [6.45, 7) is 3.69. The Hall–Kier alpha value is -1.80. The van der Waals surface area contributed by atoms with Gasteiger partial charge in [0.05, 0.1) is 0 Å². The molecule has 0 bridgehead atoms. The highest BCUT2D eigenvalue weighted by atomic mass is 16.5. The van der Waals surface area contributed by atoms with Crippen LogP contribution in [0.3, 0.4) is 0 Å². The van der Waals surface area contributed by atoms with Crippen LogP contribution in [0.25, 0.3) is 0 Å². The third kappa shape index (κ3) is 5.38. The zero-order valence-electron chi connectivity index (χ0n) is 14.8. The van der Waals surface area contributed by atoms with E-state index in [2.05, 4.69) is 60.8 Å². The fraction of sp³-hybridized carbons (Fsp3) is 0.455. The Labute approximate surface area is 146 Å². The van der Waals surface area contributed by atoms with E-state index in [4.69, 9.17) is 4.74 Å². The zero-order chi connectivity index (χ0) is 16.6. The smallest absolute Gasteiger partial charge is 0.119 e. The normalized spacial score (nSPS) is 15.9. The average molecular weight is 323 g/mol. The van der Waals surface area contributed by atoms with Gasteiger partial charge in [-0.25, -0.2) is 0 Å². The fourth-order valence-electron chi connectivity index (χ4n) is 3.30. The van der Waals surface area contributed by atoms with Crippen LogP contribution in [-0.4, -0.2) is 6.04 Å². The Morgan fingerprint density at radius 3 is 2.12 bits per heavy atom. The number of rotatable bonds is 6. The van der Waals surface area contributed by atoms with Crippen molar-refractivity contribution >= 4 is 0 Å². The van der Waals surface area contributed by atoms with Gasteiger partial charge < -0.3 is 10.1 Å². The zero-order valence-corrected chi connectivity index (χ0v) is 14.8. The van der Waals surface area contributed by atoms with E-state index in [9.17, 15) is 0 Å². The molecule has 0 heterocycles. The SMILES string of the molecule is Cc1ccc(COc2ccc(CNC3CCCCCC3)cc2)cc1. The van der Waals surface area contributed by atoms with Gasteiger partial charge in [0.15, 0.2) is 0 Å². The number of hydrogen-bond acceptors (Lipinski definition) is 2. The van der Waals surface area contributed by atoms with Crippen molar-refractivity contribution < 1.29 is 4.74 Å². The summed E-state index contributed by atoms with van der Waals surface area (Å²) in [6.07, 6.45) is 8.23. The molecule has 0 amide bonds. The molecule has 2 aromatic rings. The molecule has 1 fully saturated rings. The second kappa shape index (κ2) is 8.89. The van der Waals surface area contributed by atoms with Gasteiger partial charge in [-0.15, -0.1) is 0 Å². The van der Waals surface area contributed by atoms with Gasteiger partial charge in [-0.1, -0.05) is 67.6 Å². The van der Waals surface area contributed by atoms with Crippen LogP contribution in [0.5, 0.6) is 5.75 Å². The fourth-order valence-corrected chi connectivity index (χ4v) is 3.30. The summed E-state index contributed by atoms with van der Waals surface area (Å²) in [5, 5.41) is 3.72. The minimum Gasteiger partial charge on any atom is -0.489 e. The van der Waals surface area contributed by atoms with Crippen LogP contribution in [0, 0.1) is 6.92 Å². The predicted octanol–water partition coefficient (Wildman–Crippen LogP) is 5.39. The van der Waals surface area contributed by atoms with Gasteiger partial charge in [-0.2, -0.15) is 0 Å². The maximum absolute atomic E-state index is 5.88. The molecule has 1 aliphatic rings. The van der Waals surface area contributed by atoms with Crippen molar-refractivity contribution in [2.45, 2.75) is 64.6 Å². The van der Waals surface area contributed by atoms with E-state index < -0.39 is 0 Å². The van der Waals surface area contributed by atoms with Crippen LogP contribution in [-0.2, 0) is 13.2 Å². The van der Waals surface area contributed by atoms with Crippen LogP contribution >= 0.6 is 0 Å². The molecule has 1 aliphatic carbocycles. The standard InChI is InChI=1S/C22H29NO/c1-18-8-10-20(11-9-18)17-24-22-14-12-19(13-15-22)16-23-21-6-4-2-3-5-7-21/h8-15,21,23H,2-7,16-17H2,1H3. The molecule has 0 aromatic heterocycles. The summed E-state index contributed by atoms with van der Waals surface area (Å²) >= 11 is 0. The summed E-state index contributed by atoms with van der Waals surface area (Å²) in [7, 11) is 0. The molecule has 2 nitrogen and oxygen atoms in total. The number of ether oxygens (including phenoxy) is 1. The van der Waals surface area contributed by atoms with Crippen molar-refractivity contribution in [2.75, 3.05) is 0 Å². The maximum atomic E-state index is 5.88. The number of hydrogen-bond donors (Lipinski definition) is 1. The maximum Gasteiger partial charge on any atom is 0.119 e. The van der Waals surface area contributed by atoms with E-state index in [0.717, 1.165) is 12.3 Å². The van der Waals surface area contributed by atoms with Gasteiger partial charge in [0.25, 0.3) is 0 Å². The van der Waals surface area contributed by atoms with Crippen molar-refractivity contribution in [3.05, 3.63) is 65.2 Å². The summed E-state index contributed by atoms with van der Waals surface area (Å²) in [5.74, 6) is 0.939. The summed E-state index contributed by atoms with van der Waals surface area (Å²) in [5.41, 5.74) is 3.82. The predicted molar refractivity (Wildman–Crippen MR) is 100 cm³/mol. The van der Waals surface area contributed by atoms with E-state index in [0.29, 0.717) is 12.6 Å². The number of nitrogens with one attached hydrogen (secondary N) is 1. The summed E-state index contributed by atoms with van der Waals surface area (Å²) in [4.78, 5) is 0. The molecule has 0 unspecified atom stereocenters. The molecule has 24 heavy (non-hydrogen) atoms. The molecule has 0 radical (unpaired) electrons. The molecule has 3 rings (SSSR count). The largest absolute Gasteiger partial charge is 0.489 e. The minimum atomic E-state index is 0.625. The molecular weight excluding hydrogens is 294 g/mol. The second-order valence-electron chi connectivity index (χ2n) is 6.99. The first-order valence-electron chi connectivity index (χ1n) is 9.30. The van der Waals surface area contributed by atoms with Gasteiger partial charge in [0.2, 0.25) is 0 Å². The van der Waals surface area contributed by atoms with E-state index in [1.165, 1.54) is 55.2 Å². The highest BCUT2D eigenvalue weighted by Crippen LogP contribution is 2.18. The van der Waals surface area contributed by atoms with E-state index >= 15 is 0 Å². The highest BCUT2D eigenvalue weighted by Gasteiger charge is 2.11. The van der Waals surface area contributed by atoms with E-state index in [1.807, 2.05) is 0 Å². The quantitative estimate of drug-likeness (QED) is 0.720. The lowest BCUT2D eigenvalue weighted by molar-refractivity contribution is 0.306. The Balaban J connectivity index is 1.45. The molecule has 0 aliphatic heterocycles. The Morgan fingerprint density at radius 2 is 1.46 bits per heavy atom. The average Bonchev–Trinajstić information content (AvgIpc) is 2.89. The van der Waals surface area contributed by atoms with Gasteiger partial charge in [0.1, 0.15) is 12.4 Å². The van der Waals surface area contributed by atoms with Gasteiger partial charge >= 0.3 is 0 Å². The van der Waals surface area contributed by atoms with Crippen molar-refractivity contribution in [1.82, 2.24) is 5.32 Å². The van der Waals surface area contributed by atoms with Crippen LogP contribution in [0.4, 0.5) is 0 Å². The van der Waals surface area contributed by atoms with Crippen LogP contribution in [0.2, 0.25) is 0 Å². The lowest BCUT2D eigenvalue weighted by atomic mass is 10.1. The van der Waals surface area contributed by atoms with Crippen LogP contribution in [0.15, 0.2) is 48.5 Å². The molecule has 1 saturated carbocycles.